The van der Waals surface area contributed by atoms with Gasteiger partial charge in [0.2, 0.25) is 5.88 Å². The van der Waals surface area contributed by atoms with Gasteiger partial charge in [-0.3, -0.25) is 0 Å². The molecule has 1 aliphatic heterocycles. The summed E-state index contributed by atoms with van der Waals surface area (Å²) in [5, 5.41) is 3.39. The molecule has 0 saturated carbocycles. The summed E-state index contributed by atoms with van der Waals surface area (Å²) in [7, 11) is 2.27. The number of methoxy groups -OCH3 is 1. The average Bonchev–Trinajstić information content (AvgIpc) is 2.84. The lowest BCUT2D eigenvalue weighted by molar-refractivity contribution is 0.312. The standard InChI is InChI=1S/C28H35N5O2Si/c1-32-14-16-33(17-15-32)23-10-11-25(26(20-23)34-2)30-27-12-9-21(13-18-36(3,4)5)28(31-27)35-24-8-6-7-22(29)19-24/h6-12,19-20H,14-17,29H2,1-5H3,(H,30,31). The molecule has 3 N–H and O–H groups in total. The fraction of sp³-hybridized carbons (Fsp3) is 0.321. The monoisotopic (exact) mass is 501 g/mol. The third-order valence-electron chi connectivity index (χ3n) is 5.82. The number of hydrogen-bond donors (Lipinski definition) is 2. The molecule has 1 aromatic heterocycles. The molecule has 0 spiro atoms. The van der Waals surface area contributed by atoms with Crippen molar-refractivity contribution in [2.45, 2.75) is 19.6 Å². The highest BCUT2D eigenvalue weighted by Crippen LogP contribution is 2.33. The second-order valence-electron chi connectivity index (χ2n) is 10.0. The first-order valence-electron chi connectivity index (χ1n) is 12.2. The molecule has 1 saturated heterocycles. The van der Waals surface area contributed by atoms with Crippen molar-refractivity contribution in [1.82, 2.24) is 9.88 Å². The van der Waals surface area contributed by atoms with E-state index >= 15 is 0 Å². The van der Waals surface area contributed by atoms with Gasteiger partial charge < -0.3 is 30.3 Å². The van der Waals surface area contributed by atoms with Gasteiger partial charge in [-0.15, -0.1) is 5.54 Å². The fourth-order valence-electron chi connectivity index (χ4n) is 3.81. The number of likely N-dealkylation sites (N-methyl/N-ethyl adjacent to an activating group) is 1. The number of anilines is 4. The average molecular weight is 502 g/mol. The zero-order valence-corrected chi connectivity index (χ0v) is 22.8. The SMILES string of the molecule is COc1cc(N2CCN(C)CC2)ccc1Nc1ccc(C#C[Si](C)(C)C)c(Oc2cccc(N)c2)n1. The summed E-state index contributed by atoms with van der Waals surface area (Å²) in [6.45, 7) is 10.7. The Bertz CT molecular complexity index is 1270. The number of nitrogens with zero attached hydrogens (tertiary/aromatic N) is 3. The largest absolute Gasteiger partial charge is 0.494 e. The molecule has 1 fully saturated rings. The van der Waals surface area contributed by atoms with Gasteiger partial charge >= 0.3 is 0 Å². The lowest BCUT2D eigenvalue weighted by Gasteiger charge is -2.34. The summed E-state index contributed by atoms with van der Waals surface area (Å²) in [5.74, 6) is 5.73. The van der Waals surface area contributed by atoms with Crippen molar-refractivity contribution in [3.05, 3.63) is 60.2 Å². The highest BCUT2D eigenvalue weighted by molar-refractivity contribution is 6.83. The van der Waals surface area contributed by atoms with Gasteiger partial charge in [-0.2, -0.15) is 4.98 Å². The molecule has 0 atom stereocenters. The maximum Gasteiger partial charge on any atom is 0.237 e. The Balaban J connectivity index is 1.62. The molecule has 8 heteroatoms. The van der Waals surface area contributed by atoms with Crippen molar-refractivity contribution in [2.75, 3.05) is 56.3 Å². The van der Waals surface area contributed by atoms with Crippen LogP contribution in [0.15, 0.2) is 54.6 Å². The molecule has 2 heterocycles. The number of aromatic nitrogens is 1. The molecular formula is C28H35N5O2Si. The summed E-state index contributed by atoms with van der Waals surface area (Å²) in [5.41, 5.74) is 12.7. The summed E-state index contributed by atoms with van der Waals surface area (Å²) >= 11 is 0. The van der Waals surface area contributed by atoms with E-state index in [9.17, 15) is 0 Å². The van der Waals surface area contributed by atoms with Crippen LogP contribution in [0.5, 0.6) is 17.4 Å². The molecule has 0 amide bonds. The number of hydrogen-bond acceptors (Lipinski definition) is 7. The van der Waals surface area contributed by atoms with E-state index < -0.39 is 8.07 Å². The minimum Gasteiger partial charge on any atom is -0.494 e. The highest BCUT2D eigenvalue weighted by Gasteiger charge is 2.17. The first-order valence-corrected chi connectivity index (χ1v) is 15.7. The molecule has 0 aliphatic carbocycles. The number of pyridine rings is 1. The van der Waals surface area contributed by atoms with Gasteiger partial charge in [0.1, 0.15) is 25.4 Å². The Morgan fingerprint density at radius 1 is 1.00 bits per heavy atom. The van der Waals surface area contributed by atoms with Gasteiger partial charge in [-0.05, 0) is 43.4 Å². The van der Waals surface area contributed by atoms with E-state index in [2.05, 4.69) is 65.4 Å². The van der Waals surface area contributed by atoms with Crippen LogP contribution in [0.1, 0.15) is 5.56 Å². The van der Waals surface area contributed by atoms with Crippen molar-refractivity contribution in [2.24, 2.45) is 0 Å². The topological polar surface area (TPSA) is 75.9 Å². The van der Waals surface area contributed by atoms with E-state index in [0.717, 1.165) is 48.9 Å². The Kier molecular flexibility index (Phi) is 7.72. The second-order valence-corrected chi connectivity index (χ2v) is 14.8. The first-order chi connectivity index (χ1) is 17.2. The molecule has 0 radical (unpaired) electrons. The van der Waals surface area contributed by atoms with Crippen molar-refractivity contribution in [1.29, 1.82) is 0 Å². The highest BCUT2D eigenvalue weighted by atomic mass is 28.3. The van der Waals surface area contributed by atoms with E-state index in [0.29, 0.717) is 23.1 Å². The van der Waals surface area contributed by atoms with Gasteiger partial charge in [0.25, 0.3) is 0 Å². The molecule has 1 aliphatic rings. The Hall–Kier alpha value is -3.67. The zero-order valence-electron chi connectivity index (χ0n) is 21.8. The minimum atomic E-state index is -1.58. The molecule has 4 rings (SSSR count). The number of rotatable bonds is 6. The van der Waals surface area contributed by atoms with E-state index in [4.69, 9.17) is 20.2 Å². The summed E-state index contributed by atoms with van der Waals surface area (Å²) < 4.78 is 11.9. The Labute approximate surface area is 215 Å². The van der Waals surface area contributed by atoms with Crippen LogP contribution in [0.4, 0.5) is 22.9 Å². The van der Waals surface area contributed by atoms with Crippen LogP contribution in [-0.4, -0.2) is 58.3 Å². The predicted molar refractivity (Wildman–Crippen MR) is 151 cm³/mol. The van der Waals surface area contributed by atoms with Crippen molar-refractivity contribution >= 4 is 31.0 Å². The second kappa shape index (κ2) is 10.9. The summed E-state index contributed by atoms with van der Waals surface area (Å²) in [4.78, 5) is 9.48. The number of nitrogens with one attached hydrogen (secondary N) is 1. The molecule has 3 aromatic rings. The molecule has 36 heavy (non-hydrogen) atoms. The maximum atomic E-state index is 6.14. The Morgan fingerprint density at radius 3 is 2.47 bits per heavy atom. The van der Waals surface area contributed by atoms with Crippen LogP contribution >= 0.6 is 0 Å². The van der Waals surface area contributed by atoms with E-state index in [1.807, 2.05) is 36.4 Å². The van der Waals surface area contributed by atoms with Crippen molar-refractivity contribution in [3.8, 4) is 28.8 Å². The van der Waals surface area contributed by atoms with Crippen LogP contribution in [0.2, 0.25) is 19.6 Å². The lowest BCUT2D eigenvalue weighted by Crippen LogP contribution is -2.44. The molecule has 0 bridgehead atoms. The predicted octanol–water partition coefficient (Wildman–Crippen LogP) is 5.19. The zero-order chi connectivity index (χ0) is 25.7. The van der Waals surface area contributed by atoms with Gasteiger partial charge in [-0.25, -0.2) is 0 Å². The minimum absolute atomic E-state index is 0.435. The molecular weight excluding hydrogens is 466 g/mol. The van der Waals surface area contributed by atoms with E-state index in [1.54, 1.807) is 13.2 Å². The smallest absolute Gasteiger partial charge is 0.237 e. The first kappa shape index (κ1) is 25.4. The van der Waals surface area contributed by atoms with Gasteiger partial charge in [-0.1, -0.05) is 31.6 Å². The van der Waals surface area contributed by atoms with Crippen LogP contribution in [0.25, 0.3) is 0 Å². The van der Waals surface area contributed by atoms with Crippen molar-refractivity contribution < 1.29 is 9.47 Å². The maximum absolute atomic E-state index is 6.14. The fourth-order valence-corrected chi connectivity index (χ4v) is 4.32. The molecule has 7 nitrogen and oxygen atoms in total. The number of nitrogens with two attached hydrogens (primary N) is 1. The Morgan fingerprint density at radius 2 is 1.78 bits per heavy atom. The van der Waals surface area contributed by atoms with Gasteiger partial charge in [0, 0.05) is 49.7 Å². The van der Waals surface area contributed by atoms with Gasteiger partial charge in [0.15, 0.2) is 0 Å². The molecule has 2 aromatic carbocycles. The third-order valence-corrected chi connectivity index (χ3v) is 6.70. The molecule has 188 valence electrons. The lowest BCUT2D eigenvalue weighted by atomic mass is 10.2. The van der Waals surface area contributed by atoms with Crippen LogP contribution in [-0.2, 0) is 0 Å². The number of benzene rings is 2. The number of piperazine rings is 1. The normalized spacial score (nSPS) is 14.1. The van der Waals surface area contributed by atoms with Crippen LogP contribution in [0, 0.1) is 11.5 Å². The van der Waals surface area contributed by atoms with E-state index in [-0.39, 0.29) is 0 Å². The number of ether oxygens (including phenoxy) is 2. The summed E-state index contributed by atoms with van der Waals surface area (Å²) in [6.07, 6.45) is 0. The summed E-state index contributed by atoms with van der Waals surface area (Å²) in [6, 6.07) is 17.4. The third kappa shape index (κ3) is 6.71. The molecule has 0 unspecified atom stereocenters. The van der Waals surface area contributed by atoms with E-state index in [1.165, 1.54) is 0 Å². The van der Waals surface area contributed by atoms with Crippen molar-refractivity contribution in [3.63, 3.8) is 0 Å². The van der Waals surface area contributed by atoms with Crippen LogP contribution in [0.3, 0.4) is 0 Å². The quantitative estimate of drug-likeness (QED) is 0.273. The number of nitrogen functional groups attached to an aromatic ring is 1. The van der Waals surface area contributed by atoms with Gasteiger partial charge in [0.05, 0.1) is 18.4 Å². The van der Waals surface area contributed by atoms with Crippen LogP contribution < -0.4 is 25.4 Å².